The van der Waals surface area contributed by atoms with E-state index in [2.05, 4.69) is 10.6 Å². The molecule has 20 heavy (non-hydrogen) atoms. The molecule has 1 aliphatic rings. The van der Waals surface area contributed by atoms with E-state index in [1.807, 2.05) is 39.0 Å². The number of carbonyl (C=O) groups excluding carboxylic acids is 2. The van der Waals surface area contributed by atoms with Crippen LogP contribution in [0.5, 0.6) is 0 Å². The van der Waals surface area contributed by atoms with Crippen LogP contribution in [-0.2, 0) is 11.3 Å². The fraction of sp³-hybridized carbons (Fsp3) is 0.467. The van der Waals surface area contributed by atoms with Gasteiger partial charge in [0, 0.05) is 30.4 Å². The van der Waals surface area contributed by atoms with E-state index in [4.69, 9.17) is 0 Å². The molecule has 0 aliphatic carbocycles. The average Bonchev–Trinajstić information content (AvgIpc) is 2.40. The van der Waals surface area contributed by atoms with Gasteiger partial charge in [-0.1, -0.05) is 20.8 Å². The minimum Gasteiger partial charge on any atom is -0.326 e. The van der Waals surface area contributed by atoms with Crippen LogP contribution in [0.2, 0.25) is 0 Å². The molecule has 1 aromatic carbocycles. The van der Waals surface area contributed by atoms with Crippen molar-refractivity contribution in [1.82, 2.24) is 4.90 Å². The summed E-state index contributed by atoms with van der Waals surface area (Å²) in [6.07, 6.45) is 0.780. The van der Waals surface area contributed by atoms with Gasteiger partial charge in [0.1, 0.15) is 0 Å². The first-order valence-electron chi connectivity index (χ1n) is 6.80. The highest BCUT2D eigenvalue weighted by atomic mass is 16.2. The molecule has 0 atom stereocenters. The highest BCUT2D eigenvalue weighted by Crippen LogP contribution is 2.27. The third-order valence-corrected chi connectivity index (χ3v) is 3.86. The molecule has 0 spiro atoms. The van der Waals surface area contributed by atoms with E-state index in [9.17, 15) is 9.59 Å². The maximum Gasteiger partial charge on any atom is 0.321 e. The second kappa shape index (κ2) is 5.15. The SMILES string of the molecule is CCC(C)(C)C(=O)Nc1ccc2c(c1)CN(C)C(=O)N2. The lowest BCUT2D eigenvalue weighted by molar-refractivity contribution is -0.124. The summed E-state index contributed by atoms with van der Waals surface area (Å²) in [7, 11) is 1.74. The van der Waals surface area contributed by atoms with Crippen molar-refractivity contribution in [3.8, 4) is 0 Å². The summed E-state index contributed by atoms with van der Waals surface area (Å²) < 4.78 is 0. The van der Waals surface area contributed by atoms with Gasteiger partial charge in [-0.15, -0.1) is 0 Å². The zero-order chi connectivity index (χ0) is 14.9. The molecular formula is C15H21N3O2. The van der Waals surface area contributed by atoms with Gasteiger partial charge >= 0.3 is 6.03 Å². The lowest BCUT2D eigenvalue weighted by Gasteiger charge is -2.27. The number of nitrogens with zero attached hydrogens (tertiary/aromatic N) is 1. The Bertz CT molecular complexity index is 552. The number of anilines is 2. The minimum absolute atomic E-state index is 0.00755. The number of benzene rings is 1. The summed E-state index contributed by atoms with van der Waals surface area (Å²) in [5.74, 6) is 0.00755. The highest BCUT2D eigenvalue weighted by molar-refractivity contribution is 5.96. The van der Waals surface area contributed by atoms with Gasteiger partial charge in [-0.25, -0.2) is 4.79 Å². The first-order chi connectivity index (χ1) is 9.33. The van der Waals surface area contributed by atoms with Gasteiger partial charge in [0.2, 0.25) is 5.91 Å². The molecule has 2 rings (SSSR count). The molecular weight excluding hydrogens is 254 g/mol. The fourth-order valence-corrected chi connectivity index (χ4v) is 1.92. The number of urea groups is 1. The Hall–Kier alpha value is -2.04. The van der Waals surface area contributed by atoms with Crippen LogP contribution < -0.4 is 10.6 Å². The number of rotatable bonds is 3. The number of fused-ring (bicyclic) bond motifs is 1. The summed E-state index contributed by atoms with van der Waals surface area (Å²) in [5, 5.41) is 5.74. The molecule has 0 aromatic heterocycles. The molecule has 1 heterocycles. The van der Waals surface area contributed by atoms with Crippen LogP contribution in [0, 0.1) is 5.41 Å². The quantitative estimate of drug-likeness (QED) is 0.890. The predicted octanol–water partition coefficient (Wildman–Crippen LogP) is 3.04. The molecule has 5 heteroatoms. The van der Waals surface area contributed by atoms with Gasteiger partial charge in [-0.3, -0.25) is 4.79 Å². The number of carbonyl (C=O) groups is 2. The van der Waals surface area contributed by atoms with Gasteiger partial charge in [0.25, 0.3) is 0 Å². The first kappa shape index (κ1) is 14.4. The Labute approximate surface area is 119 Å². The monoisotopic (exact) mass is 275 g/mol. The highest BCUT2D eigenvalue weighted by Gasteiger charge is 2.26. The smallest absolute Gasteiger partial charge is 0.321 e. The van der Waals surface area contributed by atoms with E-state index in [1.165, 1.54) is 0 Å². The zero-order valence-electron chi connectivity index (χ0n) is 12.4. The van der Waals surface area contributed by atoms with E-state index in [1.54, 1.807) is 11.9 Å². The first-order valence-corrected chi connectivity index (χ1v) is 6.80. The van der Waals surface area contributed by atoms with E-state index in [-0.39, 0.29) is 17.4 Å². The van der Waals surface area contributed by atoms with Gasteiger partial charge in [-0.2, -0.15) is 0 Å². The van der Waals surface area contributed by atoms with Crippen LogP contribution >= 0.6 is 0 Å². The van der Waals surface area contributed by atoms with Crippen molar-refractivity contribution in [2.75, 3.05) is 17.7 Å². The standard InChI is InChI=1S/C15H21N3O2/c1-5-15(2,3)13(19)16-11-6-7-12-10(8-11)9-18(4)14(20)17-12/h6-8H,5,9H2,1-4H3,(H,16,19)(H,17,20). The van der Waals surface area contributed by atoms with Crippen molar-refractivity contribution < 1.29 is 9.59 Å². The van der Waals surface area contributed by atoms with Crippen LogP contribution in [0.4, 0.5) is 16.2 Å². The topological polar surface area (TPSA) is 61.4 Å². The Kier molecular flexibility index (Phi) is 3.70. The van der Waals surface area contributed by atoms with Crippen LogP contribution in [0.15, 0.2) is 18.2 Å². The number of hydrogen-bond acceptors (Lipinski definition) is 2. The second-order valence-corrected chi connectivity index (χ2v) is 5.85. The van der Waals surface area contributed by atoms with Crippen molar-refractivity contribution in [3.05, 3.63) is 23.8 Å². The number of hydrogen-bond donors (Lipinski definition) is 2. The molecule has 1 aliphatic heterocycles. The molecule has 3 amide bonds. The Morgan fingerprint density at radius 2 is 2.15 bits per heavy atom. The lowest BCUT2D eigenvalue weighted by atomic mass is 9.89. The Morgan fingerprint density at radius 3 is 2.80 bits per heavy atom. The predicted molar refractivity (Wildman–Crippen MR) is 79.6 cm³/mol. The molecule has 1 aromatic rings. The minimum atomic E-state index is -0.388. The number of amides is 3. The molecule has 0 saturated carbocycles. The third-order valence-electron chi connectivity index (χ3n) is 3.86. The molecule has 0 fully saturated rings. The van der Waals surface area contributed by atoms with Crippen molar-refractivity contribution in [3.63, 3.8) is 0 Å². The van der Waals surface area contributed by atoms with Gasteiger partial charge < -0.3 is 15.5 Å². The summed E-state index contributed by atoms with van der Waals surface area (Å²) >= 11 is 0. The molecule has 5 nitrogen and oxygen atoms in total. The molecule has 0 unspecified atom stereocenters. The summed E-state index contributed by atoms with van der Waals surface area (Å²) in [6, 6.07) is 5.44. The van der Waals surface area contributed by atoms with Crippen molar-refractivity contribution in [1.29, 1.82) is 0 Å². The summed E-state index contributed by atoms with van der Waals surface area (Å²) in [4.78, 5) is 25.3. The van der Waals surface area contributed by atoms with Gasteiger partial charge in [0.15, 0.2) is 0 Å². The Balaban J connectivity index is 2.18. The molecule has 108 valence electrons. The zero-order valence-corrected chi connectivity index (χ0v) is 12.4. The van der Waals surface area contributed by atoms with E-state index >= 15 is 0 Å². The van der Waals surface area contributed by atoms with Crippen LogP contribution in [0.3, 0.4) is 0 Å². The Morgan fingerprint density at radius 1 is 1.45 bits per heavy atom. The third kappa shape index (κ3) is 2.76. The second-order valence-electron chi connectivity index (χ2n) is 5.85. The van der Waals surface area contributed by atoms with Crippen LogP contribution in [0.25, 0.3) is 0 Å². The normalized spacial score (nSPS) is 14.6. The van der Waals surface area contributed by atoms with Crippen LogP contribution in [-0.4, -0.2) is 23.9 Å². The lowest BCUT2D eigenvalue weighted by Crippen LogP contribution is -2.35. The summed E-state index contributed by atoms with van der Waals surface area (Å²) in [6.45, 7) is 6.39. The van der Waals surface area contributed by atoms with E-state index < -0.39 is 0 Å². The van der Waals surface area contributed by atoms with Crippen LogP contribution in [0.1, 0.15) is 32.8 Å². The van der Waals surface area contributed by atoms with Crippen molar-refractivity contribution in [2.45, 2.75) is 33.7 Å². The number of nitrogens with one attached hydrogen (secondary N) is 2. The summed E-state index contributed by atoms with van der Waals surface area (Å²) in [5.41, 5.74) is 2.18. The van der Waals surface area contributed by atoms with Crippen molar-refractivity contribution in [2.24, 2.45) is 5.41 Å². The average molecular weight is 275 g/mol. The maximum absolute atomic E-state index is 12.2. The molecule has 0 bridgehead atoms. The fourth-order valence-electron chi connectivity index (χ4n) is 1.92. The molecule has 2 N–H and O–H groups in total. The van der Waals surface area contributed by atoms with Gasteiger partial charge in [0.05, 0.1) is 0 Å². The van der Waals surface area contributed by atoms with E-state index in [0.29, 0.717) is 6.54 Å². The van der Waals surface area contributed by atoms with Crippen molar-refractivity contribution >= 4 is 23.3 Å². The van der Waals surface area contributed by atoms with E-state index in [0.717, 1.165) is 23.4 Å². The maximum atomic E-state index is 12.2. The molecule has 0 saturated heterocycles. The van der Waals surface area contributed by atoms with Gasteiger partial charge in [-0.05, 0) is 30.2 Å². The molecule has 0 radical (unpaired) electrons. The largest absolute Gasteiger partial charge is 0.326 e.